The van der Waals surface area contributed by atoms with Crippen molar-refractivity contribution in [1.29, 1.82) is 0 Å². The predicted molar refractivity (Wildman–Crippen MR) is 88.7 cm³/mol. The van der Waals surface area contributed by atoms with Crippen LogP contribution in [0.2, 0.25) is 0 Å². The maximum Gasteiger partial charge on any atom is 0.244 e. The summed E-state index contributed by atoms with van der Waals surface area (Å²) in [6.45, 7) is 5.40. The van der Waals surface area contributed by atoms with Crippen LogP contribution in [0.3, 0.4) is 0 Å². The average Bonchev–Trinajstić information content (AvgIpc) is 3.20. The van der Waals surface area contributed by atoms with Crippen molar-refractivity contribution >= 4 is 26.0 Å². The van der Waals surface area contributed by atoms with E-state index < -0.39 is 10.0 Å². The molecule has 0 amide bonds. The number of benzene rings is 1. The number of nitrogens with one attached hydrogen (secondary N) is 1. The van der Waals surface area contributed by atoms with Gasteiger partial charge in [0.05, 0.1) is 4.90 Å². The Bertz CT molecular complexity index is 598. The van der Waals surface area contributed by atoms with Crippen LogP contribution in [-0.4, -0.2) is 32.4 Å². The van der Waals surface area contributed by atoms with Gasteiger partial charge in [0.15, 0.2) is 0 Å². The summed E-state index contributed by atoms with van der Waals surface area (Å²) in [6, 6.07) is 5.64. The number of sulfonamides is 1. The molecule has 0 aromatic heterocycles. The van der Waals surface area contributed by atoms with Gasteiger partial charge in [-0.05, 0) is 59.4 Å². The Labute approximate surface area is 136 Å². The molecule has 0 bridgehead atoms. The number of hydrogen-bond acceptors (Lipinski definition) is 3. The summed E-state index contributed by atoms with van der Waals surface area (Å²) < 4.78 is 28.2. The molecule has 1 aliphatic carbocycles. The number of nitrogens with zero attached hydrogens (tertiary/aromatic N) is 1. The molecule has 0 heterocycles. The van der Waals surface area contributed by atoms with Crippen molar-refractivity contribution in [3.8, 4) is 0 Å². The van der Waals surface area contributed by atoms with Crippen molar-refractivity contribution in [2.75, 3.05) is 13.6 Å². The standard InChI is InChI=1S/C15H23BrN2O2S/c1-11(2)10-18(13-5-6-13)21(19,20)15-7-4-12(9-17-3)8-14(15)16/h4,7-8,11,13,17H,5-6,9-10H2,1-3H3. The van der Waals surface area contributed by atoms with Crippen molar-refractivity contribution in [1.82, 2.24) is 9.62 Å². The van der Waals surface area contributed by atoms with Gasteiger partial charge in [-0.1, -0.05) is 19.9 Å². The van der Waals surface area contributed by atoms with Crippen molar-refractivity contribution in [2.24, 2.45) is 5.92 Å². The van der Waals surface area contributed by atoms with E-state index in [2.05, 4.69) is 35.1 Å². The van der Waals surface area contributed by atoms with E-state index in [4.69, 9.17) is 0 Å². The molecule has 0 unspecified atom stereocenters. The van der Waals surface area contributed by atoms with Crippen molar-refractivity contribution in [2.45, 2.75) is 44.2 Å². The monoisotopic (exact) mass is 374 g/mol. The van der Waals surface area contributed by atoms with Crippen LogP contribution in [-0.2, 0) is 16.6 Å². The lowest BCUT2D eigenvalue weighted by Gasteiger charge is -2.24. The Balaban J connectivity index is 2.33. The van der Waals surface area contributed by atoms with Gasteiger partial charge in [-0.3, -0.25) is 0 Å². The van der Waals surface area contributed by atoms with Gasteiger partial charge in [0.25, 0.3) is 0 Å². The molecule has 0 aliphatic heterocycles. The molecule has 118 valence electrons. The van der Waals surface area contributed by atoms with Crippen LogP contribution < -0.4 is 5.32 Å². The smallest absolute Gasteiger partial charge is 0.244 e. The quantitative estimate of drug-likeness (QED) is 0.797. The molecular formula is C15H23BrN2O2S. The third kappa shape index (κ3) is 4.06. The van der Waals surface area contributed by atoms with E-state index >= 15 is 0 Å². The first-order chi connectivity index (χ1) is 9.86. The van der Waals surface area contributed by atoms with Gasteiger partial charge in [0.1, 0.15) is 0 Å². The molecule has 1 aliphatic rings. The fraction of sp³-hybridized carbons (Fsp3) is 0.600. The molecule has 0 radical (unpaired) electrons. The van der Waals surface area contributed by atoms with Crippen LogP contribution in [0.25, 0.3) is 0 Å². The minimum absolute atomic E-state index is 0.182. The summed E-state index contributed by atoms with van der Waals surface area (Å²) in [4.78, 5) is 0.370. The first-order valence-corrected chi connectivity index (χ1v) is 9.54. The third-order valence-electron chi connectivity index (χ3n) is 3.46. The van der Waals surface area contributed by atoms with Crippen LogP contribution in [0.15, 0.2) is 27.6 Å². The van der Waals surface area contributed by atoms with Crippen LogP contribution in [0.4, 0.5) is 0 Å². The van der Waals surface area contributed by atoms with Crippen molar-refractivity contribution in [3.63, 3.8) is 0 Å². The number of halogens is 1. The molecule has 0 spiro atoms. The molecule has 6 heteroatoms. The van der Waals surface area contributed by atoms with Gasteiger partial charge >= 0.3 is 0 Å². The van der Waals surface area contributed by atoms with Gasteiger partial charge in [0.2, 0.25) is 10.0 Å². The third-order valence-corrected chi connectivity index (χ3v) is 6.36. The normalized spacial score (nSPS) is 15.9. The van der Waals surface area contributed by atoms with Crippen LogP contribution in [0, 0.1) is 5.92 Å². The van der Waals surface area contributed by atoms with Gasteiger partial charge < -0.3 is 5.32 Å². The second-order valence-corrected chi connectivity index (χ2v) is 8.71. The molecule has 1 N–H and O–H groups in total. The average molecular weight is 375 g/mol. The molecule has 21 heavy (non-hydrogen) atoms. The molecule has 1 saturated carbocycles. The van der Waals surface area contributed by atoms with Gasteiger partial charge in [0, 0.05) is 23.6 Å². The van der Waals surface area contributed by atoms with Crippen LogP contribution in [0.1, 0.15) is 32.3 Å². The van der Waals surface area contributed by atoms with Crippen LogP contribution in [0.5, 0.6) is 0 Å². The van der Waals surface area contributed by atoms with Crippen molar-refractivity contribution in [3.05, 3.63) is 28.2 Å². The lowest BCUT2D eigenvalue weighted by molar-refractivity contribution is 0.360. The van der Waals surface area contributed by atoms with E-state index in [1.54, 1.807) is 10.4 Å². The highest BCUT2D eigenvalue weighted by Gasteiger charge is 2.38. The first-order valence-electron chi connectivity index (χ1n) is 7.31. The van der Waals surface area contributed by atoms with E-state index in [9.17, 15) is 8.42 Å². The molecule has 1 aromatic rings. The van der Waals surface area contributed by atoms with E-state index in [1.807, 2.05) is 19.2 Å². The summed E-state index contributed by atoms with van der Waals surface area (Å²) in [7, 11) is -1.56. The molecule has 0 atom stereocenters. The molecule has 4 nitrogen and oxygen atoms in total. The molecule has 1 fully saturated rings. The zero-order valence-electron chi connectivity index (χ0n) is 12.8. The van der Waals surface area contributed by atoms with Crippen molar-refractivity contribution < 1.29 is 8.42 Å². The lowest BCUT2D eigenvalue weighted by atomic mass is 10.2. The Morgan fingerprint density at radius 2 is 2.05 bits per heavy atom. The predicted octanol–water partition coefficient (Wildman–Crippen LogP) is 2.98. The zero-order chi connectivity index (χ0) is 15.6. The highest BCUT2D eigenvalue weighted by Crippen LogP contribution is 2.35. The van der Waals surface area contributed by atoms with E-state index in [0.717, 1.165) is 24.9 Å². The Morgan fingerprint density at radius 1 is 1.38 bits per heavy atom. The van der Waals surface area contributed by atoms with E-state index in [0.29, 0.717) is 21.8 Å². The Kier molecular flexibility index (Phi) is 5.46. The Morgan fingerprint density at radius 3 is 2.52 bits per heavy atom. The van der Waals surface area contributed by atoms with Crippen LogP contribution >= 0.6 is 15.9 Å². The highest BCUT2D eigenvalue weighted by molar-refractivity contribution is 9.10. The molecule has 0 saturated heterocycles. The molecular weight excluding hydrogens is 352 g/mol. The summed E-state index contributed by atoms with van der Waals surface area (Å²) in [5, 5.41) is 3.07. The SMILES string of the molecule is CNCc1ccc(S(=O)(=O)N(CC(C)C)C2CC2)c(Br)c1. The van der Waals surface area contributed by atoms with Gasteiger partial charge in [-0.25, -0.2) is 8.42 Å². The highest BCUT2D eigenvalue weighted by atomic mass is 79.9. The Hall–Kier alpha value is -0.430. The van der Waals surface area contributed by atoms with Gasteiger partial charge in [-0.2, -0.15) is 4.31 Å². The number of rotatable bonds is 7. The molecule has 1 aromatic carbocycles. The maximum absolute atomic E-state index is 12.9. The fourth-order valence-corrected chi connectivity index (χ4v) is 5.30. The summed E-state index contributed by atoms with van der Waals surface area (Å²) in [6.07, 6.45) is 1.95. The molecule has 2 rings (SSSR count). The fourth-order valence-electron chi connectivity index (χ4n) is 2.36. The second-order valence-electron chi connectivity index (χ2n) is 5.99. The van der Waals surface area contributed by atoms with E-state index in [-0.39, 0.29) is 6.04 Å². The first kappa shape index (κ1) is 16.9. The topological polar surface area (TPSA) is 49.4 Å². The largest absolute Gasteiger partial charge is 0.316 e. The lowest BCUT2D eigenvalue weighted by Crippen LogP contribution is -2.36. The second kappa shape index (κ2) is 6.77. The number of hydrogen-bond donors (Lipinski definition) is 1. The van der Waals surface area contributed by atoms with Gasteiger partial charge in [-0.15, -0.1) is 0 Å². The summed E-state index contributed by atoms with van der Waals surface area (Å²) in [5.74, 6) is 0.322. The van der Waals surface area contributed by atoms with E-state index in [1.165, 1.54) is 0 Å². The summed E-state index contributed by atoms with van der Waals surface area (Å²) >= 11 is 3.42. The summed E-state index contributed by atoms with van der Waals surface area (Å²) in [5.41, 5.74) is 1.06. The zero-order valence-corrected chi connectivity index (χ0v) is 15.2. The minimum atomic E-state index is -3.43. The minimum Gasteiger partial charge on any atom is -0.316 e. The maximum atomic E-state index is 12.9.